The summed E-state index contributed by atoms with van der Waals surface area (Å²) < 4.78 is 5.06. The second-order valence-corrected chi connectivity index (χ2v) is 6.20. The van der Waals surface area contributed by atoms with Gasteiger partial charge < -0.3 is 15.2 Å². The Hall–Kier alpha value is -2.70. The number of carbonyl (C=O) groups excluding carboxylic acids is 2. The van der Waals surface area contributed by atoms with Crippen molar-refractivity contribution >= 4 is 11.8 Å². The third-order valence-electron chi connectivity index (χ3n) is 2.85. The summed E-state index contributed by atoms with van der Waals surface area (Å²) >= 11 is 0. The summed E-state index contributed by atoms with van der Waals surface area (Å²) in [6.07, 6.45) is 0. The molecule has 1 heterocycles. The van der Waals surface area contributed by atoms with Crippen molar-refractivity contribution in [1.29, 1.82) is 0 Å². The van der Waals surface area contributed by atoms with Gasteiger partial charge in [-0.05, 0) is 52.0 Å². The minimum absolute atomic E-state index is 0.0687. The molecule has 2 aromatic rings. The molecule has 0 spiro atoms. The molecular weight excluding hydrogens is 296 g/mol. The van der Waals surface area contributed by atoms with Crippen molar-refractivity contribution in [3.8, 4) is 11.5 Å². The number of aryl methyl sites for hydroxylation is 1. The van der Waals surface area contributed by atoms with E-state index >= 15 is 0 Å². The first-order valence-electron chi connectivity index (χ1n) is 7.24. The Bertz CT molecular complexity index is 699. The molecule has 2 amide bonds. The Morgan fingerprint density at radius 2 is 1.83 bits per heavy atom. The first-order valence-corrected chi connectivity index (χ1v) is 7.24. The summed E-state index contributed by atoms with van der Waals surface area (Å²) in [7, 11) is 0. The van der Waals surface area contributed by atoms with Gasteiger partial charge in [0.05, 0.1) is 6.54 Å². The topological polar surface area (TPSA) is 97.1 Å². The van der Waals surface area contributed by atoms with Crippen LogP contribution in [0.2, 0.25) is 0 Å². The van der Waals surface area contributed by atoms with E-state index in [0.29, 0.717) is 17.3 Å². The second kappa shape index (κ2) is 6.60. The van der Waals surface area contributed by atoms with Gasteiger partial charge in [-0.25, -0.2) is 0 Å². The quantitative estimate of drug-likeness (QED) is 0.894. The summed E-state index contributed by atoms with van der Waals surface area (Å²) in [6, 6.07) is 6.73. The Labute approximate surface area is 134 Å². The monoisotopic (exact) mass is 316 g/mol. The molecule has 0 saturated heterocycles. The smallest absolute Gasteiger partial charge is 0.257 e. The third-order valence-corrected chi connectivity index (χ3v) is 2.85. The van der Waals surface area contributed by atoms with E-state index in [9.17, 15) is 9.59 Å². The number of hydrogen-bond donors (Lipinski definition) is 2. The van der Waals surface area contributed by atoms with Crippen molar-refractivity contribution in [1.82, 2.24) is 20.8 Å². The zero-order valence-corrected chi connectivity index (χ0v) is 13.6. The van der Waals surface area contributed by atoms with Crippen molar-refractivity contribution in [3.05, 3.63) is 35.7 Å². The van der Waals surface area contributed by atoms with Crippen LogP contribution in [-0.2, 0) is 4.79 Å². The molecule has 122 valence electrons. The van der Waals surface area contributed by atoms with Crippen molar-refractivity contribution in [2.45, 2.75) is 33.2 Å². The minimum Gasteiger partial charge on any atom is -0.350 e. The van der Waals surface area contributed by atoms with E-state index in [1.807, 2.05) is 20.8 Å². The van der Waals surface area contributed by atoms with Crippen molar-refractivity contribution in [3.63, 3.8) is 0 Å². The van der Waals surface area contributed by atoms with E-state index in [2.05, 4.69) is 20.8 Å². The van der Waals surface area contributed by atoms with Crippen LogP contribution in [0.3, 0.4) is 0 Å². The summed E-state index contributed by atoms with van der Waals surface area (Å²) in [5.41, 5.74) is 0.854. The summed E-state index contributed by atoms with van der Waals surface area (Å²) in [5, 5.41) is 9.08. The van der Waals surface area contributed by atoms with Gasteiger partial charge in [0.1, 0.15) is 0 Å². The number of nitrogens with one attached hydrogen (secondary N) is 2. The zero-order chi connectivity index (χ0) is 17.0. The fraction of sp³-hybridized carbons (Fsp3) is 0.375. The highest BCUT2D eigenvalue weighted by Crippen LogP contribution is 2.17. The Morgan fingerprint density at radius 3 is 2.35 bits per heavy atom. The molecule has 7 heteroatoms. The lowest BCUT2D eigenvalue weighted by molar-refractivity contribution is -0.121. The van der Waals surface area contributed by atoms with Gasteiger partial charge in [0.25, 0.3) is 11.8 Å². The summed E-state index contributed by atoms with van der Waals surface area (Å²) in [6.45, 7) is 7.30. The first kappa shape index (κ1) is 16.7. The van der Waals surface area contributed by atoms with Crippen LogP contribution >= 0.6 is 0 Å². The SMILES string of the molecule is Cc1noc(-c2ccc(C(=O)NCC(=O)NC(C)(C)C)cc2)n1. The number of carbonyl (C=O) groups is 2. The molecule has 2 N–H and O–H groups in total. The largest absolute Gasteiger partial charge is 0.350 e. The van der Waals surface area contributed by atoms with Gasteiger partial charge in [-0.2, -0.15) is 4.98 Å². The van der Waals surface area contributed by atoms with Crippen LogP contribution in [0.5, 0.6) is 0 Å². The normalized spacial score (nSPS) is 11.1. The van der Waals surface area contributed by atoms with Gasteiger partial charge in [-0.15, -0.1) is 0 Å². The molecule has 1 aromatic carbocycles. The number of aromatic nitrogens is 2. The second-order valence-electron chi connectivity index (χ2n) is 6.20. The molecule has 0 aliphatic heterocycles. The van der Waals surface area contributed by atoms with Crippen LogP contribution in [-0.4, -0.2) is 34.0 Å². The standard InChI is InChI=1S/C16H20N4O3/c1-10-18-15(23-20-10)12-7-5-11(6-8-12)14(22)17-9-13(21)19-16(2,3)4/h5-8H,9H2,1-4H3,(H,17,22)(H,19,21). The molecule has 0 aliphatic carbocycles. The predicted octanol–water partition coefficient (Wildman–Crippen LogP) is 1.69. The van der Waals surface area contributed by atoms with E-state index in [0.717, 1.165) is 5.56 Å². The van der Waals surface area contributed by atoms with Gasteiger partial charge in [0.15, 0.2) is 5.82 Å². The van der Waals surface area contributed by atoms with Gasteiger partial charge in [0, 0.05) is 16.7 Å². The predicted molar refractivity (Wildman–Crippen MR) is 84.7 cm³/mol. The first-order chi connectivity index (χ1) is 10.7. The van der Waals surface area contributed by atoms with Crippen molar-refractivity contribution in [2.75, 3.05) is 6.54 Å². The summed E-state index contributed by atoms with van der Waals surface area (Å²) in [5.74, 6) is 0.400. The average molecular weight is 316 g/mol. The molecule has 0 fully saturated rings. The fourth-order valence-electron chi connectivity index (χ4n) is 1.90. The molecule has 7 nitrogen and oxygen atoms in total. The van der Waals surface area contributed by atoms with Crippen molar-refractivity contribution < 1.29 is 14.1 Å². The average Bonchev–Trinajstić information content (AvgIpc) is 2.90. The van der Waals surface area contributed by atoms with E-state index < -0.39 is 0 Å². The Balaban J connectivity index is 1.94. The summed E-state index contributed by atoms with van der Waals surface area (Å²) in [4.78, 5) is 27.8. The minimum atomic E-state index is -0.328. The van der Waals surface area contributed by atoms with Crippen molar-refractivity contribution in [2.24, 2.45) is 0 Å². The molecule has 0 bridgehead atoms. The lowest BCUT2D eigenvalue weighted by Crippen LogP contribution is -2.45. The Morgan fingerprint density at radius 1 is 1.17 bits per heavy atom. The van der Waals surface area contributed by atoms with Crippen LogP contribution in [0, 0.1) is 6.92 Å². The maximum Gasteiger partial charge on any atom is 0.257 e. The maximum absolute atomic E-state index is 12.0. The Kier molecular flexibility index (Phi) is 4.78. The van der Waals surface area contributed by atoms with Crippen LogP contribution in [0.1, 0.15) is 37.0 Å². The molecule has 1 aromatic heterocycles. The third kappa shape index (κ3) is 4.91. The molecule has 0 aliphatic rings. The van der Waals surface area contributed by atoms with E-state index in [-0.39, 0.29) is 23.9 Å². The zero-order valence-electron chi connectivity index (χ0n) is 13.6. The lowest BCUT2D eigenvalue weighted by atomic mass is 10.1. The van der Waals surface area contributed by atoms with E-state index in [4.69, 9.17) is 4.52 Å². The van der Waals surface area contributed by atoms with E-state index in [1.54, 1.807) is 31.2 Å². The number of rotatable bonds is 4. The molecule has 0 radical (unpaired) electrons. The molecular formula is C16H20N4O3. The molecule has 0 unspecified atom stereocenters. The number of nitrogens with zero attached hydrogens (tertiary/aromatic N) is 2. The maximum atomic E-state index is 12.0. The van der Waals surface area contributed by atoms with Crippen LogP contribution in [0.4, 0.5) is 0 Å². The van der Waals surface area contributed by atoms with Gasteiger partial charge in [-0.3, -0.25) is 9.59 Å². The highest BCUT2D eigenvalue weighted by atomic mass is 16.5. The van der Waals surface area contributed by atoms with Gasteiger partial charge >= 0.3 is 0 Å². The highest BCUT2D eigenvalue weighted by Gasteiger charge is 2.15. The van der Waals surface area contributed by atoms with Crippen LogP contribution < -0.4 is 10.6 Å². The van der Waals surface area contributed by atoms with Crippen LogP contribution in [0.25, 0.3) is 11.5 Å². The lowest BCUT2D eigenvalue weighted by Gasteiger charge is -2.20. The molecule has 23 heavy (non-hydrogen) atoms. The van der Waals surface area contributed by atoms with Gasteiger partial charge in [-0.1, -0.05) is 5.16 Å². The fourth-order valence-corrected chi connectivity index (χ4v) is 1.90. The number of benzene rings is 1. The number of hydrogen-bond acceptors (Lipinski definition) is 5. The van der Waals surface area contributed by atoms with Gasteiger partial charge in [0.2, 0.25) is 5.91 Å². The molecule has 0 atom stereocenters. The molecule has 0 saturated carbocycles. The van der Waals surface area contributed by atoms with Crippen LogP contribution in [0.15, 0.2) is 28.8 Å². The van der Waals surface area contributed by atoms with E-state index in [1.165, 1.54) is 0 Å². The molecule has 2 rings (SSSR count). The highest BCUT2D eigenvalue weighted by molar-refractivity contribution is 5.96. The number of amides is 2.